The van der Waals surface area contributed by atoms with Crippen LogP contribution in [0.2, 0.25) is 0 Å². The van der Waals surface area contributed by atoms with E-state index in [1.807, 2.05) is 19.0 Å². The Morgan fingerprint density at radius 1 is 0.492 bits per heavy atom. The van der Waals surface area contributed by atoms with Crippen LogP contribution in [0.4, 0.5) is 0 Å². The van der Waals surface area contributed by atoms with Crippen molar-refractivity contribution < 1.29 is 33.3 Å². The summed E-state index contributed by atoms with van der Waals surface area (Å²) in [4.78, 5) is 41.8. The molecule has 0 fully saturated rings. The summed E-state index contributed by atoms with van der Waals surface area (Å²) in [7, 11) is 3.96. The fourth-order valence-electron chi connectivity index (χ4n) is 7.30. The number of carbonyl (C=O) groups is 3. The van der Waals surface area contributed by atoms with E-state index in [-0.39, 0.29) is 62.6 Å². The van der Waals surface area contributed by atoms with Crippen molar-refractivity contribution in [2.45, 2.75) is 214 Å². The van der Waals surface area contributed by atoms with E-state index in [9.17, 15) is 14.4 Å². The van der Waals surface area contributed by atoms with Crippen molar-refractivity contribution >= 4 is 17.9 Å². The van der Waals surface area contributed by atoms with Gasteiger partial charge in [0.15, 0.2) is 0 Å². The second kappa shape index (κ2) is 41.2. The highest BCUT2D eigenvalue weighted by Gasteiger charge is 2.37. The number of nitrogens with zero attached hydrogens (tertiary/aromatic N) is 1. The highest BCUT2D eigenvalue weighted by Crippen LogP contribution is 2.26. The van der Waals surface area contributed by atoms with Gasteiger partial charge < -0.3 is 23.8 Å². The maximum atomic E-state index is 13.4. The Morgan fingerprint density at radius 2 is 0.915 bits per heavy atom. The second-order valence-corrected chi connectivity index (χ2v) is 17.7. The van der Waals surface area contributed by atoms with E-state index in [0.717, 1.165) is 116 Å². The van der Waals surface area contributed by atoms with Gasteiger partial charge in [-0.1, -0.05) is 149 Å². The van der Waals surface area contributed by atoms with Crippen LogP contribution in [0.25, 0.3) is 0 Å². The monoisotopic (exact) mass is 834 g/mol. The third-order valence-electron chi connectivity index (χ3n) is 11.3. The van der Waals surface area contributed by atoms with Crippen LogP contribution in [0.1, 0.15) is 214 Å². The normalized spacial score (nSPS) is 12.2. The van der Waals surface area contributed by atoms with Gasteiger partial charge in [0, 0.05) is 25.9 Å². The minimum atomic E-state index is -0.994. The lowest BCUT2D eigenvalue weighted by molar-refractivity contribution is -0.168. The molecule has 0 amide bonds. The Labute approximate surface area is 364 Å². The first-order valence-electron chi connectivity index (χ1n) is 24.6. The van der Waals surface area contributed by atoms with Gasteiger partial charge in [0.2, 0.25) is 0 Å². The molecule has 8 nitrogen and oxygen atoms in total. The van der Waals surface area contributed by atoms with Gasteiger partial charge in [-0.2, -0.15) is 0 Å². The molecule has 8 heteroatoms. The van der Waals surface area contributed by atoms with Crippen LogP contribution in [-0.4, -0.2) is 76.5 Å². The van der Waals surface area contributed by atoms with Gasteiger partial charge in [-0.3, -0.25) is 14.4 Å². The van der Waals surface area contributed by atoms with Crippen LogP contribution in [0.3, 0.4) is 0 Å². The smallest absolute Gasteiger partial charge is 0.306 e. The molecule has 0 aliphatic carbocycles. The molecule has 0 aromatic heterocycles. The molecule has 59 heavy (non-hydrogen) atoms. The molecule has 0 heterocycles. The highest BCUT2D eigenvalue weighted by molar-refractivity contribution is 5.70. The highest BCUT2D eigenvalue weighted by atomic mass is 16.6. The lowest BCUT2D eigenvalue weighted by Crippen LogP contribution is -2.43. The zero-order chi connectivity index (χ0) is 43.7. The largest absolute Gasteiger partial charge is 0.465 e. The standard InChI is InChI=1S/C51H95NO7/c1-8-13-18-19-20-21-22-23-24-25-26-27-28-29-30-31-39-56-42-51(43-57-48(53)37-32-38-52(6)7,44-58-49(54)40-46(33-14-9-2)34-15-10-3)45-59-50(55)41-47(35-16-11-4)36-17-12-5/h20-21,23-24,46-47H,8-19,22,25-45H2,1-7H3/b21-20-,24-23-. The fraction of sp³-hybridized carbons (Fsp3) is 0.863. The molecule has 0 saturated carbocycles. The molecular weight excluding hydrogens is 739 g/mol. The van der Waals surface area contributed by atoms with Crippen molar-refractivity contribution in [3.05, 3.63) is 24.3 Å². The Kier molecular flexibility index (Phi) is 39.6. The Morgan fingerprint density at radius 3 is 1.37 bits per heavy atom. The SMILES string of the molecule is CCCCC/C=C\C/C=C\CCCCCCCCOCC(COC(=O)CCCN(C)C)(COC(=O)CC(CCCC)CCCC)COC(=O)CC(CCCC)CCCC. The van der Waals surface area contributed by atoms with Gasteiger partial charge in [-0.05, 0) is 103 Å². The first-order chi connectivity index (χ1) is 28.6. The molecule has 0 atom stereocenters. The Balaban J connectivity index is 5.57. The summed E-state index contributed by atoms with van der Waals surface area (Å²) in [6, 6.07) is 0. The predicted octanol–water partition coefficient (Wildman–Crippen LogP) is 13.5. The number of esters is 3. The molecule has 0 saturated heterocycles. The van der Waals surface area contributed by atoms with Crippen molar-refractivity contribution in [1.82, 2.24) is 4.90 Å². The number of hydrogen-bond donors (Lipinski definition) is 0. The molecule has 0 N–H and O–H groups in total. The van der Waals surface area contributed by atoms with Gasteiger partial charge in [0.1, 0.15) is 19.8 Å². The molecule has 0 aliphatic rings. The summed E-state index contributed by atoms with van der Waals surface area (Å²) in [6.45, 7) is 12.4. The van der Waals surface area contributed by atoms with E-state index < -0.39 is 5.41 Å². The van der Waals surface area contributed by atoms with E-state index in [1.165, 1.54) is 44.9 Å². The minimum Gasteiger partial charge on any atom is -0.465 e. The molecule has 0 aromatic rings. The lowest BCUT2D eigenvalue weighted by Gasteiger charge is -2.32. The van der Waals surface area contributed by atoms with Gasteiger partial charge in [0.05, 0.1) is 12.0 Å². The third-order valence-corrected chi connectivity index (χ3v) is 11.3. The van der Waals surface area contributed by atoms with E-state index in [1.54, 1.807) is 0 Å². The van der Waals surface area contributed by atoms with Crippen molar-refractivity contribution in [2.75, 3.05) is 53.7 Å². The zero-order valence-electron chi connectivity index (χ0n) is 39.8. The number of hydrogen-bond acceptors (Lipinski definition) is 8. The van der Waals surface area contributed by atoms with Gasteiger partial charge >= 0.3 is 17.9 Å². The van der Waals surface area contributed by atoms with Gasteiger partial charge in [-0.15, -0.1) is 0 Å². The van der Waals surface area contributed by atoms with Crippen LogP contribution in [-0.2, 0) is 33.3 Å². The molecule has 0 bridgehead atoms. The average molecular weight is 834 g/mol. The molecule has 0 rings (SSSR count). The second-order valence-electron chi connectivity index (χ2n) is 17.7. The number of ether oxygens (including phenoxy) is 4. The molecule has 0 unspecified atom stereocenters. The van der Waals surface area contributed by atoms with Crippen LogP contribution < -0.4 is 0 Å². The number of rotatable bonds is 43. The van der Waals surface area contributed by atoms with Gasteiger partial charge in [-0.25, -0.2) is 0 Å². The third kappa shape index (κ3) is 36.2. The summed E-state index contributed by atoms with van der Waals surface area (Å²) < 4.78 is 24.3. The molecule has 0 radical (unpaired) electrons. The maximum absolute atomic E-state index is 13.4. The van der Waals surface area contributed by atoms with Crippen molar-refractivity contribution in [1.29, 1.82) is 0 Å². The zero-order valence-corrected chi connectivity index (χ0v) is 39.8. The quantitative estimate of drug-likeness (QED) is 0.0260. The topological polar surface area (TPSA) is 91.4 Å². The average Bonchev–Trinajstić information content (AvgIpc) is 3.22. The molecular formula is C51H95NO7. The van der Waals surface area contributed by atoms with E-state index in [4.69, 9.17) is 18.9 Å². The Hall–Kier alpha value is -2.19. The summed E-state index contributed by atoms with van der Waals surface area (Å²) in [5, 5.41) is 0. The van der Waals surface area contributed by atoms with E-state index >= 15 is 0 Å². The van der Waals surface area contributed by atoms with Crippen LogP contribution in [0.15, 0.2) is 24.3 Å². The van der Waals surface area contributed by atoms with Crippen LogP contribution >= 0.6 is 0 Å². The summed E-state index contributed by atoms with van der Waals surface area (Å²) in [5.74, 6) is -0.240. The molecule has 0 aliphatic heterocycles. The maximum Gasteiger partial charge on any atom is 0.306 e. The number of carbonyl (C=O) groups excluding carboxylic acids is 3. The van der Waals surface area contributed by atoms with Crippen LogP contribution in [0, 0.1) is 17.3 Å². The minimum absolute atomic E-state index is 0.0306. The fourth-order valence-corrected chi connectivity index (χ4v) is 7.30. The predicted molar refractivity (Wildman–Crippen MR) is 248 cm³/mol. The molecule has 346 valence electrons. The number of unbranched alkanes of at least 4 members (excludes halogenated alkanes) is 13. The Bertz CT molecular complexity index is 987. The summed E-state index contributed by atoms with van der Waals surface area (Å²) >= 11 is 0. The van der Waals surface area contributed by atoms with Crippen molar-refractivity contribution in [3.63, 3.8) is 0 Å². The van der Waals surface area contributed by atoms with E-state index in [2.05, 4.69) is 58.9 Å². The van der Waals surface area contributed by atoms with Crippen molar-refractivity contribution in [3.8, 4) is 0 Å². The lowest BCUT2D eigenvalue weighted by atomic mass is 9.91. The first kappa shape index (κ1) is 56.8. The summed E-state index contributed by atoms with van der Waals surface area (Å²) in [5.41, 5.74) is -0.994. The molecule has 0 spiro atoms. The van der Waals surface area contributed by atoms with Crippen molar-refractivity contribution in [2.24, 2.45) is 17.3 Å². The number of allylic oxidation sites excluding steroid dienone is 4. The first-order valence-corrected chi connectivity index (χ1v) is 24.6. The van der Waals surface area contributed by atoms with E-state index in [0.29, 0.717) is 25.9 Å². The summed E-state index contributed by atoms with van der Waals surface area (Å²) in [6.07, 6.45) is 37.7. The van der Waals surface area contributed by atoms with Crippen LogP contribution in [0.5, 0.6) is 0 Å². The van der Waals surface area contributed by atoms with Gasteiger partial charge in [0.25, 0.3) is 0 Å². The molecule has 0 aromatic carbocycles.